The molecule has 1 aliphatic rings. The summed E-state index contributed by atoms with van der Waals surface area (Å²) in [4.78, 5) is 0. The first-order valence-corrected chi connectivity index (χ1v) is 9.47. The number of benzene rings is 2. The van der Waals surface area contributed by atoms with Crippen molar-refractivity contribution in [1.29, 1.82) is 0 Å². The maximum atomic E-state index is 12.8. The Bertz CT molecular complexity index is 777. The second kappa shape index (κ2) is 7.34. The van der Waals surface area contributed by atoms with Gasteiger partial charge in [0.2, 0.25) is 10.0 Å². The van der Waals surface area contributed by atoms with Crippen molar-refractivity contribution in [2.45, 2.75) is 11.9 Å². The first-order chi connectivity index (χ1) is 11.6. The van der Waals surface area contributed by atoms with Crippen LogP contribution in [0.2, 0.25) is 0 Å². The van der Waals surface area contributed by atoms with Crippen LogP contribution in [0.15, 0.2) is 54.6 Å². The summed E-state index contributed by atoms with van der Waals surface area (Å²) in [5, 5.41) is 0. The fourth-order valence-electron chi connectivity index (χ4n) is 2.81. The summed E-state index contributed by atoms with van der Waals surface area (Å²) >= 11 is 0. The van der Waals surface area contributed by atoms with Gasteiger partial charge < -0.3 is 9.47 Å². The highest BCUT2D eigenvalue weighted by Gasteiger charge is 2.30. The zero-order chi connectivity index (χ0) is 17.0. The van der Waals surface area contributed by atoms with Crippen molar-refractivity contribution in [2.24, 2.45) is 0 Å². The lowest BCUT2D eigenvalue weighted by molar-refractivity contribution is -0.00260. The van der Waals surface area contributed by atoms with Crippen LogP contribution in [0, 0.1) is 0 Å². The Balaban J connectivity index is 1.74. The Morgan fingerprint density at radius 1 is 1.17 bits per heavy atom. The van der Waals surface area contributed by atoms with Crippen molar-refractivity contribution in [3.63, 3.8) is 0 Å². The van der Waals surface area contributed by atoms with E-state index in [0.717, 1.165) is 11.1 Å². The molecule has 2 aromatic carbocycles. The van der Waals surface area contributed by atoms with Crippen LogP contribution < -0.4 is 4.74 Å². The highest BCUT2D eigenvalue weighted by Crippen LogP contribution is 2.25. The zero-order valence-corrected chi connectivity index (χ0v) is 14.4. The van der Waals surface area contributed by atoms with Gasteiger partial charge in [-0.1, -0.05) is 42.5 Å². The van der Waals surface area contributed by atoms with Crippen molar-refractivity contribution in [1.82, 2.24) is 4.31 Å². The lowest BCUT2D eigenvalue weighted by atomic mass is 10.1. The van der Waals surface area contributed by atoms with E-state index in [4.69, 9.17) is 9.47 Å². The topological polar surface area (TPSA) is 55.8 Å². The van der Waals surface area contributed by atoms with Crippen LogP contribution in [-0.4, -0.2) is 39.5 Å². The van der Waals surface area contributed by atoms with Crippen LogP contribution >= 0.6 is 0 Å². The number of morpholine rings is 1. The van der Waals surface area contributed by atoms with Gasteiger partial charge in [0.25, 0.3) is 0 Å². The maximum absolute atomic E-state index is 12.8. The first-order valence-electron chi connectivity index (χ1n) is 7.86. The lowest BCUT2D eigenvalue weighted by Crippen LogP contribution is -2.42. The zero-order valence-electron chi connectivity index (χ0n) is 13.6. The van der Waals surface area contributed by atoms with Crippen LogP contribution in [0.1, 0.15) is 17.2 Å². The van der Waals surface area contributed by atoms with Gasteiger partial charge in [0.15, 0.2) is 0 Å². The Hall–Kier alpha value is -1.89. The third-order valence-electron chi connectivity index (χ3n) is 4.08. The Morgan fingerprint density at radius 2 is 1.96 bits per heavy atom. The van der Waals surface area contributed by atoms with Crippen LogP contribution in [0.25, 0.3) is 0 Å². The molecule has 1 fully saturated rings. The summed E-state index contributed by atoms with van der Waals surface area (Å²) in [6, 6.07) is 16.9. The summed E-state index contributed by atoms with van der Waals surface area (Å²) in [7, 11) is -1.84. The smallest absolute Gasteiger partial charge is 0.218 e. The van der Waals surface area contributed by atoms with E-state index in [1.807, 2.05) is 30.3 Å². The van der Waals surface area contributed by atoms with Crippen molar-refractivity contribution in [3.8, 4) is 5.75 Å². The van der Waals surface area contributed by atoms with E-state index >= 15 is 0 Å². The molecule has 1 unspecified atom stereocenters. The van der Waals surface area contributed by atoms with E-state index in [2.05, 4.69) is 0 Å². The van der Waals surface area contributed by atoms with Crippen molar-refractivity contribution in [3.05, 3.63) is 65.7 Å². The molecule has 0 saturated carbocycles. The van der Waals surface area contributed by atoms with Gasteiger partial charge in [-0.25, -0.2) is 8.42 Å². The fraction of sp³-hybridized carbons (Fsp3) is 0.333. The molecule has 6 heteroatoms. The predicted octanol–water partition coefficient (Wildman–Crippen LogP) is 2.60. The van der Waals surface area contributed by atoms with Crippen molar-refractivity contribution in [2.75, 3.05) is 26.8 Å². The SMILES string of the molecule is COc1cccc(CS(=O)(=O)N2CCOC(c3ccccc3)C2)c1. The van der Waals surface area contributed by atoms with E-state index < -0.39 is 10.0 Å². The molecule has 2 aromatic rings. The van der Waals surface area contributed by atoms with E-state index in [-0.39, 0.29) is 11.9 Å². The number of rotatable bonds is 5. The van der Waals surface area contributed by atoms with Gasteiger partial charge in [-0.2, -0.15) is 4.31 Å². The number of methoxy groups -OCH3 is 1. The van der Waals surface area contributed by atoms with Crippen molar-refractivity contribution >= 4 is 10.0 Å². The normalized spacial score (nSPS) is 19.1. The summed E-state index contributed by atoms with van der Waals surface area (Å²) in [5.74, 6) is 0.623. The second-order valence-corrected chi connectivity index (χ2v) is 7.70. The van der Waals surface area contributed by atoms with Crippen LogP contribution in [0.3, 0.4) is 0 Å². The standard InChI is InChI=1S/C18H21NO4S/c1-22-17-9-5-6-15(12-17)14-24(20,21)19-10-11-23-18(13-19)16-7-3-2-4-8-16/h2-9,12,18H,10-11,13-14H2,1H3. The summed E-state index contributed by atoms with van der Waals surface area (Å²) in [6.45, 7) is 1.13. The molecule has 1 aliphatic heterocycles. The largest absolute Gasteiger partial charge is 0.497 e. The average Bonchev–Trinajstić information content (AvgIpc) is 2.62. The van der Waals surface area contributed by atoms with Gasteiger partial charge in [-0.15, -0.1) is 0 Å². The van der Waals surface area contributed by atoms with E-state index in [1.54, 1.807) is 31.4 Å². The van der Waals surface area contributed by atoms with Gasteiger partial charge in [-0.3, -0.25) is 0 Å². The Kier molecular flexibility index (Phi) is 5.18. The van der Waals surface area contributed by atoms with Gasteiger partial charge in [0, 0.05) is 13.1 Å². The van der Waals surface area contributed by atoms with Gasteiger partial charge >= 0.3 is 0 Å². The number of nitrogens with zero attached hydrogens (tertiary/aromatic N) is 1. The van der Waals surface area contributed by atoms with Gasteiger partial charge in [0.05, 0.1) is 25.6 Å². The minimum absolute atomic E-state index is 0.0360. The molecule has 1 heterocycles. The molecular formula is C18H21NO4S. The Morgan fingerprint density at radius 3 is 2.71 bits per heavy atom. The average molecular weight is 347 g/mol. The minimum Gasteiger partial charge on any atom is -0.497 e. The molecule has 0 spiro atoms. The van der Waals surface area contributed by atoms with Crippen LogP contribution in [-0.2, 0) is 20.5 Å². The molecule has 24 heavy (non-hydrogen) atoms. The second-order valence-electron chi connectivity index (χ2n) is 5.74. The molecule has 5 nitrogen and oxygen atoms in total. The van der Waals surface area contributed by atoms with E-state index in [0.29, 0.717) is 25.4 Å². The minimum atomic E-state index is -3.40. The molecular weight excluding hydrogens is 326 g/mol. The molecule has 3 rings (SSSR count). The Labute approximate surface area is 142 Å². The molecule has 128 valence electrons. The molecule has 0 aliphatic carbocycles. The maximum Gasteiger partial charge on any atom is 0.218 e. The van der Waals surface area contributed by atoms with Crippen LogP contribution in [0.5, 0.6) is 5.75 Å². The third-order valence-corrected chi connectivity index (χ3v) is 5.89. The lowest BCUT2D eigenvalue weighted by Gasteiger charge is -2.32. The number of sulfonamides is 1. The third kappa shape index (κ3) is 3.95. The summed E-state index contributed by atoms with van der Waals surface area (Å²) in [6.07, 6.45) is -0.222. The molecule has 1 saturated heterocycles. The molecule has 0 bridgehead atoms. The first kappa shape index (κ1) is 17.0. The molecule has 0 aromatic heterocycles. The monoisotopic (exact) mass is 347 g/mol. The van der Waals surface area contributed by atoms with E-state index in [1.165, 1.54) is 4.31 Å². The molecule has 0 amide bonds. The summed E-state index contributed by atoms with van der Waals surface area (Å²) < 4.78 is 38.0. The molecule has 0 radical (unpaired) electrons. The van der Waals surface area contributed by atoms with Crippen molar-refractivity contribution < 1.29 is 17.9 Å². The highest BCUT2D eigenvalue weighted by atomic mass is 32.2. The van der Waals surface area contributed by atoms with E-state index in [9.17, 15) is 8.42 Å². The van der Waals surface area contributed by atoms with Crippen LogP contribution in [0.4, 0.5) is 0 Å². The summed E-state index contributed by atoms with van der Waals surface area (Å²) in [5.41, 5.74) is 1.72. The fourth-order valence-corrected chi connectivity index (χ4v) is 4.31. The molecule has 0 N–H and O–H groups in total. The van der Waals surface area contributed by atoms with Gasteiger partial charge in [-0.05, 0) is 23.3 Å². The highest BCUT2D eigenvalue weighted by molar-refractivity contribution is 7.88. The number of hydrogen-bond donors (Lipinski definition) is 0. The number of ether oxygens (including phenoxy) is 2. The number of hydrogen-bond acceptors (Lipinski definition) is 4. The molecule has 1 atom stereocenters. The quantitative estimate of drug-likeness (QED) is 0.834. The van der Waals surface area contributed by atoms with Gasteiger partial charge in [0.1, 0.15) is 5.75 Å². The predicted molar refractivity (Wildman–Crippen MR) is 92.3 cm³/mol.